The van der Waals surface area contributed by atoms with Gasteiger partial charge < -0.3 is 16.4 Å². The number of nitrogens with one attached hydrogen (secondary N) is 2. The summed E-state index contributed by atoms with van der Waals surface area (Å²) in [6.07, 6.45) is 11.1. The summed E-state index contributed by atoms with van der Waals surface area (Å²) < 4.78 is 1.08. The second-order valence-corrected chi connectivity index (χ2v) is 8.04. The topological polar surface area (TPSA) is 101 Å². The molecule has 1 saturated carbocycles. The van der Waals surface area contributed by atoms with E-state index in [1.807, 2.05) is 30.5 Å². The lowest BCUT2D eigenvalue weighted by atomic mass is 9.95. The van der Waals surface area contributed by atoms with Gasteiger partial charge in [0.25, 0.3) is 0 Å². The molecule has 0 atom stereocenters. The van der Waals surface area contributed by atoms with Gasteiger partial charge in [0, 0.05) is 18.4 Å². The Morgan fingerprint density at radius 1 is 1.24 bits per heavy atom. The molecule has 1 aliphatic rings. The van der Waals surface area contributed by atoms with Gasteiger partial charge >= 0.3 is 0 Å². The number of aliphatic imine (C=N–C) groups is 1. The molecule has 3 heterocycles. The summed E-state index contributed by atoms with van der Waals surface area (Å²) in [4.78, 5) is 18.1. The molecule has 0 aliphatic heterocycles. The summed E-state index contributed by atoms with van der Waals surface area (Å²) in [7, 11) is 0. The zero-order valence-electron chi connectivity index (χ0n) is 16.4. The van der Waals surface area contributed by atoms with E-state index in [1.54, 1.807) is 23.7 Å². The first kappa shape index (κ1) is 19.3. The largest absolute Gasteiger partial charge is 0.403 e. The van der Waals surface area contributed by atoms with Crippen molar-refractivity contribution < 1.29 is 0 Å². The number of aryl methyl sites for hydroxylation is 1. The number of hydrogen-bond donors (Lipinski definition) is 3. The van der Waals surface area contributed by atoms with Crippen LogP contribution in [0.5, 0.6) is 0 Å². The first-order valence-corrected chi connectivity index (χ1v) is 10.8. The second kappa shape index (κ2) is 9.00. The van der Waals surface area contributed by atoms with Crippen LogP contribution >= 0.6 is 11.3 Å². The van der Waals surface area contributed by atoms with Gasteiger partial charge in [-0.25, -0.2) is 4.98 Å². The van der Waals surface area contributed by atoms with Crippen LogP contribution in [0.4, 0.5) is 17.5 Å². The van der Waals surface area contributed by atoms with E-state index in [1.165, 1.54) is 38.3 Å². The Morgan fingerprint density at radius 2 is 2.10 bits per heavy atom. The molecule has 8 heteroatoms. The monoisotopic (exact) mass is 407 g/mol. The molecule has 0 amide bonds. The van der Waals surface area contributed by atoms with Crippen LogP contribution in [-0.2, 0) is 0 Å². The van der Waals surface area contributed by atoms with E-state index in [9.17, 15) is 0 Å². The van der Waals surface area contributed by atoms with Crippen molar-refractivity contribution in [3.05, 3.63) is 47.4 Å². The standard InChI is InChI=1S/C21H25N7S/c1-14-17(8-5-10-23-14)24-13-16(12-22)26-21-27-18-9-11-29-19(18)20(28-21)25-15-6-3-2-4-7-15/h5,8-13,15H,2-4,6-7,22H2,1H3,(H2,25,26,27,28). The van der Waals surface area contributed by atoms with E-state index in [-0.39, 0.29) is 0 Å². The zero-order valence-corrected chi connectivity index (χ0v) is 17.2. The van der Waals surface area contributed by atoms with E-state index in [2.05, 4.69) is 25.6 Å². The van der Waals surface area contributed by atoms with Crippen molar-refractivity contribution in [1.29, 1.82) is 0 Å². The van der Waals surface area contributed by atoms with Gasteiger partial charge in [0.2, 0.25) is 5.95 Å². The van der Waals surface area contributed by atoms with Gasteiger partial charge in [0.05, 0.1) is 33.5 Å². The Hall–Kier alpha value is -3.00. The predicted molar refractivity (Wildman–Crippen MR) is 121 cm³/mol. The molecule has 3 aromatic rings. The fourth-order valence-electron chi connectivity index (χ4n) is 3.45. The molecule has 4 N–H and O–H groups in total. The summed E-state index contributed by atoms with van der Waals surface area (Å²) in [6.45, 7) is 1.92. The van der Waals surface area contributed by atoms with Crippen molar-refractivity contribution in [1.82, 2.24) is 15.0 Å². The SMILES string of the molecule is Cc1ncccc1N=CC(=CN)Nc1nc(NC2CCCCC2)c2sccc2n1. The third-order valence-corrected chi connectivity index (χ3v) is 5.92. The molecule has 3 aromatic heterocycles. The van der Waals surface area contributed by atoms with E-state index >= 15 is 0 Å². The maximum absolute atomic E-state index is 5.80. The molecular formula is C21H25N7S. The minimum atomic E-state index is 0.469. The molecule has 0 radical (unpaired) electrons. The fraction of sp³-hybridized carbons (Fsp3) is 0.333. The lowest BCUT2D eigenvalue weighted by molar-refractivity contribution is 0.462. The number of anilines is 2. The van der Waals surface area contributed by atoms with Crippen LogP contribution < -0.4 is 16.4 Å². The van der Waals surface area contributed by atoms with E-state index in [0.29, 0.717) is 17.7 Å². The third-order valence-electron chi connectivity index (χ3n) is 5.01. The lowest BCUT2D eigenvalue weighted by Crippen LogP contribution is -2.23. The number of hydrogen-bond acceptors (Lipinski definition) is 8. The lowest BCUT2D eigenvalue weighted by Gasteiger charge is -2.23. The Balaban J connectivity index is 1.55. The smallest absolute Gasteiger partial charge is 0.229 e. The average molecular weight is 408 g/mol. The van der Waals surface area contributed by atoms with Gasteiger partial charge in [0.15, 0.2) is 0 Å². The fourth-order valence-corrected chi connectivity index (χ4v) is 4.24. The van der Waals surface area contributed by atoms with Crippen LogP contribution in [-0.4, -0.2) is 27.2 Å². The molecule has 7 nitrogen and oxygen atoms in total. The summed E-state index contributed by atoms with van der Waals surface area (Å²) in [6, 6.07) is 6.25. The number of fused-ring (bicyclic) bond motifs is 1. The molecule has 150 valence electrons. The number of allylic oxidation sites excluding steroid dienone is 1. The van der Waals surface area contributed by atoms with Gasteiger partial charge in [-0.3, -0.25) is 9.98 Å². The summed E-state index contributed by atoms with van der Waals surface area (Å²) in [5, 5.41) is 8.86. The maximum atomic E-state index is 5.80. The molecule has 4 rings (SSSR count). The maximum Gasteiger partial charge on any atom is 0.229 e. The number of rotatable bonds is 6. The highest BCUT2D eigenvalue weighted by Crippen LogP contribution is 2.30. The molecule has 0 bridgehead atoms. The van der Waals surface area contributed by atoms with E-state index in [4.69, 9.17) is 10.7 Å². The predicted octanol–water partition coefficient (Wildman–Crippen LogP) is 4.75. The first-order valence-electron chi connectivity index (χ1n) is 9.89. The highest BCUT2D eigenvalue weighted by Gasteiger charge is 2.17. The van der Waals surface area contributed by atoms with Crippen LogP contribution in [0.2, 0.25) is 0 Å². The van der Waals surface area contributed by atoms with Crippen LogP contribution in [0.25, 0.3) is 10.2 Å². The summed E-state index contributed by atoms with van der Waals surface area (Å²) in [5.41, 5.74) is 8.99. The molecule has 1 aliphatic carbocycles. The normalized spacial score (nSPS) is 15.8. The van der Waals surface area contributed by atoms with Crippen molar-refractivity contribution in [3.63, 3.8) is 0 Å². The Labute approximate surface area is 174 Å². The number of thiophene rings is 1. The molecule has 0 spiro atoms. The highest BCUT2D eigenvalue weighted by molar-refractivity contribution is 7.17. The van der Waals surface area contributed by atoms with Gasteiger partial charge in [-0.05, 0) is 43.3 Å². The average Bonchev–Trinajstić information content (AvgIpc) is 3.22. The Kier molecular flexibility index (Phi) is 6.00. The molecule has 0 unspecified atom stereocenters. The van der Waals surface area contributed by atoms with Gasteiger partial charge in [0.1, 0.15) is 5.82 Å². The first-order chi connectivity index (χ1) is 14.2. The van der Waals surface area contributed by atoms with Crippen LogP contribution in [0.1, 0.15) is 37.8 Å². The second-order valence-electron chi connectivity index (χ2n) is 7.12. The van der Waals surface area contributed by atoms with Gasteiger partial charge in [-0.15, -0.1) is 11.3 Å². The van der Waals surface area contributed by atoms with Crippen molar-refractivity contribution in [2.45, 2.75) is 45.1 Å². The van der Waals surface area contributed by atoms with Crippen molar-refractivity contribution >= 4 is 45.2 Å². The van der Waals surface area contributed by atoms with Crippen LogP contribution in [0, 0.1) is 6.92 Å². The van der Waals surface area contributed by atoms with E-state index < -0.39 is 0 Å². The summed E-state index contributed by atoms with van der Waals surface area (Å²) >= 11 is 1.66. The van der Waals surface area contributed by atoms with Crippen molar-refractivity contribution in [2.75, 3.05) is 10.6 Å². The zero-order chi connectivity index (χ0) is 20.1. The van der Waals surface area contributed by atoms with E-state index in [0.717, 1.165) is 27.4 Å². The van der Waals surface area contributed by atoms with Gasteiger partial charge in [-0.2, -0.15) is 4.98 Å². The Bertz CT molecular complexity index is 1030. The number of pyridine rings is 1. The molecular weight excluding hydrogens is 382 g/mol. The number of nitrogens with zero attached hydrogens (tertiary/aromatic N) is 4. The van der Waals surface area contributed by atoms with Crippen molar-refractivity contribution in [3.8, 4) is 0 Å². The minimum Gasteiger partial charge on any atom is -0.403 e. The summed E-state index contributed by atoms with van der Waals surface area (Å²) in [5.74, 6) is 1.39. The van der Waals surface area contributed by atoms with Crippen LogP contribution in [0.15, 0.2) is 46.7 Å². The van der Waals surface area contributed by atoms with Crippen LogP contribution in [0.3, 0.4) is 0 Å². The molecule has 1 fully saturated rings. The third kappa shape index (κ3) is 4.71. The molecule has 29 heavy (non-hydrogen) atoms. The molecule has 0 aromatic carbocycles. The molecule has 0 saturated heterocycles. The number of aromatic nitrogens is 3. The quantitative estimate of drug-likeness (QED) is 0.510. The number of nitrogens with two attached hydrogens (primary N) is 1. The minimum absolute atomic E-state index is 0.469. The van der Waals surface area contributed by atoms with Crippen molar-refractivity contribution in [2.24, 2.45) is 10.7 Å². The Morgan fingerprint density at radius 3 is 2.90 bits per heavy atom. The van der Waals surface area contributed by atoms with Gasteiger partial charge in [-0.1, -0.05) is 19.3 Å². The highest BCUT2D eigenvalue weighted by atomic mass is 32.1.